The van der Waals surface area contributed by atoms with Gasteiger partial charge in [-0.1, -0.05) is 18.6 Å². The fourth-order valence-corrected chi connectivity index (χ4v) is 1.65. The van der Waals surface area contributed by atoms with E-state index in [-0.39, 0.29) is 11.9 Å². The van der Waals surface area contributed by atoms with Crippen LogP contribution in [0.2, 0.25) is 0 Å². The summed E-state index contributed by atoms with van der Waals surface area (Å²) in [5.74, 6) is 0.171. The zero-order chi connectivity index (χ0) is 9.68. The van der Waals surface area contributed by atoms with E-state index in [0.717, 1.165) is 25.7 Å². The van der Waals surface area contributed by atoms with Gasteiger partial charge < -0.3 is 4.74 Å². The molecule has 0 amide bonds. The number of allylic oxidation sites excluding steroid dienone is 2. The minimum atomic E-state index is 0.00398. The first-order valence-electron chi connectivity index (χ1n) is 5.06. The van der Waals surface area contributed by atoms with Crippen LogP contribution in [0.15, 0.2) is 11.6 Å². The van der Waals surface area contributed by atoms with Gasteiger partial charge in [-0.15, -0.1) is 0 Å². The summed E-state index contributed by atoms with van der Waals surface area (Å²) >= 11 is 0. The Balaban J connectivity index is 2.25. The van der Waals surface area contributed by atoms with Crippen LogP contribution < -0.4 is 0 Å². The van der Waals surface area contributed by atoms with Gasteiger partial charge in [0.05, 0.1) is 12.5 Å². The molecule has 1 aliphatic rings. The van der Waals surface area contributed by atoms with Gasteiger partial charge in [-0.2, -0.15) is 0 Å². The van der Waals surface area contributed by atoms with Gasteiger partial charge in [0.25, 0.3) is 0 Å². The van der Waals surface area contributed by atoms with Crippen LogP contribution >= 0.6 is 0 Å². The molecule has 0 aliphatic carbocycles. The molecule has 0 spiro atoms. The van der Waals surface area contributed by atoms with Crippen LogP contribution in [0.3, 0.4) is 0 Å². The van der Waals surface area contributed by atoms with Crippen molar-refractivity contribution in [1.82, 2.24) is 0 Å². The molecule has 1 atom stereocenters. The second-order valence-electron chi connectivity index (χ2n) is 3.65. The summed E-state index contributed by atoms with van der Waals surface area (Å²) in [5, 5.41) is 0. The van der Waals surface area contributed by atoms with Crippen LogP contribution in [0, 0.1) is 5.92 Å². The number of rotatable bonds is 4. The van der Waals surface area contributed by atoms with Crippen LogP contribution in [0.25, 0.3) is 0 Å². The lowest BCUT2D eigenvalue weighted by Gasteiger charge is -2.04. The van der Waals surface area contributed by atoms with Crippen LogP contribution in [0.5, 0.6) is 0 Å². The molecule has 1 unspecified atom stereocenters. The summed E-state index contributed by atoms with van der Waals surface area (Å²) in [6.45, 7) is 4.89. The Morgan fingerprint density at radius 3 is 3.00 bits per heavy atom. The minimum Gasteiger partial charge on any atom is -0.465 e. The molecule has 0 bridgehead atoms. The second-order valence-corrected chi connectivity index (χ2v) is 3.65. The molecule has 1 saturated heterocycles. The maximum atomic E-state index is 11.1. The summed E-state index contributed by atoms with van der Waals surface area (Å²) in [4.78, 5) is 11.1. The first-order chi connectivity index (χ1) is 6.24. The van der Waals surface area contributed by atoms with Crippen LogP contribution in [-0.4, -0.2) is 12.6 Å². The van der Waals surface area contributed by atoms with E-state index in [0.29, 0.717) is 6.61 Å². The van der Waals surface area contributed by atoms with E-state index in [1.807, 2.05) is 0 Å². The maximum absolute atomic E-state index is 11.1. The highest BCUT2D eigenvalue weighted by Gasteiger charge is 2.25. The Morgan fingerprint density at radius 2 is 2.46 bits per heavy atom. The smallest absolute Gasteiger partial charge is 0.309 e. The summed E-state index contributed by atoms with van der Waals surface area (Å²) < 4.78 is 4.90. The third-order valence-corrected chi connectivity index (χ3v) is 2.48. The zero-order valence-electron chi connectivity index (χ0n) is 8.51. The zero-order valence-corrected chi connectivity index (χ0v) is 8.51. The average molecular weight is 182 g/mol. The van der Waals surface area contributed by atoms with Gasteiger partial charge in [0.2, 0.25) is 0 Å². The lowest BCUT2D eigenvalue weighted by Crippen LogP contribution is -2.07. The highest BCUT2D eigenvalue weighted by atomic mass is 16.5. The number of carbonyl (C=O) groups is 1. The van der Waals surface area contributed by atoms with Crippen molar-refractivity contribution in [3.05, 3.63) is 11.6 Å². The molecule has 0 N–H and O–H groups in total. The standard InChI is InChI=1S/C11H18O2/c1-3-4-9(2)5-6-10-7-8-13-11(10)12/h4,10H,3,5-8H2,1-2H3. The molecule has 0 aromatic carbocycles. The van der Waals surface area contributed by atoms with E-state index in [1.165, 1.54) is 5.57 Å². The molecule has 0 radical (unpaired) electrons. The monoisotopic (exact) mass is 182 g/mol. The highest BCUT2D eigenvalue weighted by molar-refractivity contribution is 5.74. The second kappa shape index (κ2) is 5.05. The molecule has 1 rings (SSSR count). The molecule has 1 heterocycles. The average Bonchev–Trinajstić information content (AvgIpc) is 2.48. The van der Waals surface area contributed by atoms with Crippen molar-refractivity contribution >= 4 is 5.97 Å². The maximum Gasteiger partial charge on any atom is 0.309 e. The lowest BCUT2D eigenvalue weighted by molar-refractivity contribution is -0.141. The van der Waals surface area contributed by atoms with Crippen molar-refractivity contribution < 1.29 is 9.53 Å². The molecule has 13 heavy (non-hydrogen) atoms. The minimum absolute atomic E-state index is 0.00398. The van der Waals surface area contributed by atoms with Crippen molar-refractivity contribution in [2.75, 3.05) is 6.61 Å². The van der Waals surface area contributed by atoms with E-state index >= 15 is 0 Å². The van der Waals surface area contributed by atoms with E-state index < -0.39 is 0 Å². The Hall–Kier alpha value is -0.790. The Morgan fingerprint density at radius 1 is 1.69 bits per heavy atom. The van der Waals surface area contributed by atoms with Crippen molar-refractivity contribution in [3.8, 4) is 0 Å². The number of carbonyl (C=O) groups excluding carboxylic acids is 1. The number of hydrogen-bond acceptors (Lipinski definition) is 2. The molecule has 0 saturated carbocycles. The van der Waals surface area contributed by atoms with E-state index in [9.17, 15) is 4.79 Å². The fourth-order valence-electron chi connectivity index (χ4n) is 1.65. The topological polar surface area (TPSA) is 26.3 Å². The number of hydrogen-bond donors (Lipinski definition) is 0. The third-order valence-electron chi connectivity index (χ3n) is 2.48. The molecular formula is C11H18O2. The number of cyclic esters (lactones) is 1. The molecule has 2 nitrogen and oxygen atoms in total. The van der Waals surface area contributed by atoms with Crippen LogP contribution in [-0.2, 0) is 9.53 Å². The molecular weight excluding hydrogens is 164 g/mol. The van der Waals surface area contributed by atoms with Crippen molar-refractivity contribution in [3.63, 3.8) is 0 Å². The van der Waals surface area contributed by atoms with Gasteiger partial charge in [-0.05, 0) is 32.6 Å². The quantitative estimate of drug-likeness (QED) is 0.493. The molecule has 1 aliphatic heterocycles. The molecule has 0 aromatic rings. The first kappa shape index (κ1) is 10.3. The van der Waals surface area contributed by atoms with Gasteiger partial charge >= 0.3 is 5.97 Å². The third kappa shape index (κ3) is 3.21. The summed E-state index contributed by atoms with van der Waals surface area (Å²) in [6, 6.07) is 0. The Bertz CT molecular complexity index is 206. The predicted molar refractivity (Wildman–Crippen MR) is 52.3 cm³/mol. The lowest BCUT2D eigenvalue weighted by atomic mass is 9.99. The fraction of sp³-hybridized carbons (Fsp3) is 0.727. The Labute approximate surface area is 80.0 Å². The molecule has 74 valence electrons. The molecule has 1 fully saturated rings. The van der Waals surface area contributed by atoms with Gasteiger partial charge in [0.1, 0.15) is 0 Å². The highest BCUT2D eigenvalue weighted by Crippen LogP contribution is 2.21. The van der Waals surface area contributed by atoms with Crippen molar-refractivity contribution in [2.45, 2.75) is 39.5 Å². The normalized spacial score (nSPS) is 23.4. The Kier molecular flexibility index (Phi) is 4.00. The largest absolute Gasteiger partial charge is 0.465 e. The van der Waals surface area contributed by atoms with E-state index in [1.54, 1.807) is 0 Å². The molecule has 2 heteroatoms. The number of ether oxygens (including phenoxy) is 1. The number of esters is 1. The van der Waals surface area contributed by atoms with Crippen LogP contribution in [0.4, 0.5) is 0 Å². The van der Waals surface area contributed by atoms with Gasteiger partial charge in [-0.3, -0.25) is 4.79 Å². The van der Waals surface area contributed by atoms with E-state index in [4.69, 9.17) is 4.74 Å². The SMILES string of the molecule is CCC=C(C)CCC1CCOC1=O. The van der Waals surface area contributed by atoms with Crippen LogP contribution in [0.1, 0.15) is 39.5 Å². The molecule has 0 aromatic heterocycles. The van der Waals surface area contributed by atoms with Crippen molar-refractivity contribution in [1.29, 1.82) is 0 Å². The van der Waals surface area contributed by atoms with Crippen molar-refractivity contribution in [2.24, 2.45) is 5.92 Å². The van der Waals surface area contributed by atoms with Gasteiger partial charge in [-0.25, -0.2) is 0 Å². The van der Waals surface area contributed by atoms with E-state index in [2.05, 4.69) is 19.9 Å². The summed E-state index contributed by atoms with van der Waals surface area (Å²) in [5.41, 5.74) is 1.39. The summed E-state index contributed by atoms with van der Waals surface area (Å²) in [6.07, 6.45) is 6.22. The van der Waals surface area contributed by atoms with Gasteiger partial charge in [0.15, 0.2) is 0 Å². The first-order valence-corrected chi connectivity index (χ1v) is 5.06. The predicted octanol–water partition coefficient (Wildman–Crippen LogP) is 2.69. The summed E-state index contributed by atoms with van der Waals surface area (Å²) in [7, 11) is 0. The van der Waals surface area contributed by atoms with Gasteiger partial charge in [0, 0.05) is 0 Å².